The third kappa shape index (κ3) is 2.95. The van der Waals surface area contributed by atoms with Crippen molar-refractivity contribution in [3.63, 3.8) is 0 Å². The van der Waals surface area contributed by atoms with E-state index in [9.17, 15) is 8.78 Å². The van der Waals surface area contributed by atoms with Crippen LogP contribution in [-0.4, -0.2) is 28.3 Å². The minimum Gasteiger partial charge on any atom is -0.496 e. The van der Waals surface area contributed by atoms with E-state index >= 15 is 0 Å². The summed E-state index contributed by atoms with van der Waals surface area (Å²) in [5.41, 5.74) is 1.75. The first-order chi connectivity index (χ1) is 9.52. The lowest BCUT2D eigenvalue weighted by molar-refractivity contribution is 0.122. The molecule has 6 heteroatoms. The molecule has 4 nitrogen and oxygen atoms in total. The van der Waals surface area contributed by atoms with Crippen LogP contribution < -0.4 is 4.74 Å². The van der Waals surface area contributed by atoms with Crippen molar-refractivity contribution in [3.8, 4) is 17.1 Å². The monoisotopic (exact) mass is 281 g/mol. The molecule has 1 aromatic carbocycles. The van der Waals surface area contributed by atoms with Gasteiger partial charge in [-0.05, 0) is 17.5 Å². The van der Waals surface area contributed by atoms with E-state index in [1.807, 2.05) is 18.2 Å². The number of para-hydroxylation sites is 1. The SMILES string of the molecule is COc1c(-c2ncn(CC(F)F)n2)cccc1C(C)C. The summed E-state index contributed by atoms with van der Waals surface area (Å²) in [6.45, 7) is 3.66. The summed E-state index contributed by atoms with van der Waals surface area (Å²) in [5, 5.41) is 4.08. The van der Waals surface area contributed by atoms with Crippen LogP contribution in [0.15, 0.2) is 24.5 Å². The molecule has 0 aliphatic heterocycles. The van der Waals surface area contributed by atoms with Crippen molar-refractivity contribution in [2.45, 2.75) is 32.7 Å². The molecule has 1 heterocycles. The number of aromatic nitrogens is 3. The van der Waals surface area contributed by atoms with Gasteiger partial charge in [0.2, 0.25) is 0 Å². The molecule has 2 rings (SSSR count). The molecule has 0 spiro atoms. The van der Waals surface area contributed by atoms with Gasteiger partial charge in [0.15, 0.2) is 5.82 Å². The summed E-state index contributed by atoms with van der Waals surface area (Å²) in [6.07, 6.45) is -1.14. The minimum atomic E-state index is -2.45. The lowest BCUT2D eigenvalue weighted by Crippen LogP contribution is -2.07. The predicted octanol–water partition coefficient (Wildman–Crippen LogP) is 3.34. The van der Waals surface area contributed by atoms with Gasteiger partial charge in [0, 0.05) is 0 Å². The van der Waals surface area contributed by atoms with E-state index in [2.05, 4.69) is 23.9 Å². The van der Waals surface area contributed by atoms with Crippen molar-refractivity contribution in [3.05, 3.63) is 30.1 Å². The van der Waals surface area contributed by atoms with Crippen molar-refractivity contribution in [2.75, 3.05) is 7.11 Å². The van der Waals surface area contributed by atoms with Crippen LogP contribution in [0, 0.1) is 0 Å². The Morgan fingerprint density at radius 3 is 2.65 bits per heavy atom. The van der Waals surface area contributed by atoms with Crippen LogP contribution >= 0.6 is 0 Å². The Morgan fingerprint density at radius 1 is 1.30 bits per heavy atom. The number of hydrogen-bond donors (Lipinski definition) is 0. The Kier molecular flexibility index (Phi) is 4.32. The molecule has 0 bridgehead atoms. The quantitative estimate of drug-likeness (QED) is 0.844. The fraction of sp³-hybridized carbons (Fsp3) is 0.429. The second-order valence-electron chi connectivity index (χ2n) is 4.76. The van der Waals surface area contributed by atoms with Gasteiger partial charge in [0.25, 0.3) is 6.43 Å². The molecular weight excluding hydrogens is 264 g/mol. The van der Waals surface area contributed by atoms with Crippen LogP contribution in [0.2, 0.25) is 0 Å². The molecule has 20 heavy (non-hydrogen) atoms. The average Bonchev–Trinajstić information content (AvgIpc) is 2.85. The number of methoxy groups -OCH3 is 1. The van der Waals surface area contributed by atoms with Gasteiger partial charge in [-0.25, -0.2) is 18.4 Å². The van der Waals surface area contributed by atoms with Gasteiger partial charge in [-0.1, -0.05) is 26.0 Å². The number of rotatable bonds is 5. The Hall–Kier alpha value is -1.98. The largest absolute Gasteiger partial charge is 0.496 e. The van der Waals surface area contributed by atoms with Crippen LogP contribution in [0.1, 0.15) is 25.3 Å². The van der Waals surface area contributed by atoms with Crippen LogP contribution in [-0.2, 0) is 6.54 Å². The first kappa shape index (κ1) is 14.4. The number of benzene rings is 1. The van der Waals surface area contributed by atoms with Crippen LogP contribution in [0.3, 0.4) is 0 Å². The summed E-state index contributed by atoms with van der Waals surface area (Å²) in [7, 11) is 1.58. The minimum absolute atomic E-state index is 0.285. The van der Waals surface area contributed by atoms with E-state index in [4.69, 9.17) is 4.74 Å². The first-order valence-electron chi connectivity index (χ1n) is 6.37. The van der Waals surface area contributed by atoms with Crippen LogP contribution in [0.4, 0.5) is 8.78 Å². The number of nitrogens with zero attached hydrogens (tertiary/aromatic N) is 3. The molecule has 0 aliphatic carbocycles. The molecule has 0 amide bonds. The molecule has 0 saturated heterocycles. The van der Waals surface area contributed by atoms with Gasteiger partial charge in [-0.2, -0.15) is 5.10 Å². The number of ether oxygens (including phenoxy) is 1. The lowest BCUT2D eigenvalue weighted by atomic mass is 9.99. The van der Waals surface area contributed by atoms with E-state index in [0.717, 1.165) is 10.2 Å². The van der Waals surface area contributed by atoms with Gasteiger partial charge < -0.3 is 4.74 Å². The second kappa shape index (κ2) is 5.98. The molecule has 0 fully saturated rings. The Balaban J connectivity index is 2.42. The Labute approximate surface area is 116 Å². The Bertz CT molecular complexity index is 582. The van der Waals surface area contributed by atoms with Crippen molar-refractivity contribution in [1.29, 1.82) is 0 Å². The number of halogens is 2. The molecule has 108 valence electrons. The van der Waals surface area contributed by atoms with Gasteiger partial charge in [-0.15, -0.1) is 0 Å². The standard InChI is InChI=1S/C14H17F2N3O/c1-9(2)10-5-4-6-11(13(10)20-3)14-17-8-19(18-14)7-12(15)16/h4-6,8-9,12H,7H2,1-3H3. The molecule has 2 aromatic rings. The van der Waals surface area contributed by atoms with Gasteiger partial charge in [0.05, 0.1) is 12.7 Å². The maximum absolute atomic E-state index is 12.3. The third-order valence-corrected chi connectivity index (χ3v) is 2.97. The van der Waals surface area contributed by atoms with E-state index in [-0.39, 0.29) is 5.92 Å². The Morgan fingerprint density at radius 2 is 2.05 bits per heavy atom. The van der Waals surface area contributed by atoms with Gasteiger partial charge in [0.1, 0.15) is 18.6 Å². The van der Waals surface area contributed by atoms with Gasteiger partial charge in [-0.3, -0.25) is 0 Å². The van der Waals surface area contributed by atoms with Crippen LogP contribution in [0.5, 0.6) is 5.75 Å². The van der Waals surface area contributed by atoms with Crippen molar-refractivity contribution >= 4 is 0 Å². The highest BCUT2D eigenvalue weighted by molar-refractivity contribution is 5.66. The smallest absolute Gasteiger partial charge is 0.257 e. The van der Waals surface area contributed by atoms with Crippen molar-refractivity contribution < 1.29 is 13.5 Å². The lowest BCUT2D eigenvalue weighted by Gasteiger charge is -2.14. The number of alkyl halides is 2. The fourth-order valence-corrected chi connectivity index (χ4v) is 2.06. The normalized spacial score (nSPS) is 11.3. The van der Waals surface area contributed by atoms with E-state index in [1.165, 1.54) is 6.33 Å². The number of hydrogen-bond acceptors (Lipinski definition) is 3. The zero-order chi connectivity index (χ0) is 14.7. The highest BCUT2D eigenvalue weighted by Crippen LogP contribution is 2.34. The van der Waals surface area contributed by atoms with Crippen LogP contribution in [0.25, 0.3) is 11.4 Å². The third-order valence-electron chi connectivity index (χ3n) is 2.97. The maximum atomic E-state index is 12.3. The van der Waals surface area contributed by atoms with E-state index < -0.39 is 13.0 Å². The first-order valence-corrected chi connectivity index (χ1v) is 6.37. The molecule has 0 N–H and O–H groups in total. The zero-order valence-electron chi connectivity index (χ0n) is 11.7. The molecule has 0 atom stereocenters. The molecule has 1 aromatic heterocycles. The van der Waals surface area contributed by atoms with Gasteiger partial charge >= 0.3 is 0 Å². The zero-order valence-corrected chi connectivity index (χ0v) is 11.7. The molecule has 0 aliphatic rings. The summed E-state index contributed by atoms with van der Waals surface area (Å²) >= 11 is 0. The average molecular weight is 281 g/mol. The summed E-state index contributed by atoms with van der Waals surface area (Å²) in [4.78, 5) is 4.09. The second-order valence-corrected chi connectivity index (χ2v) is 4.76. The van der Waals surface area contributed by atoms with E-state index in [1.54, 1.807) is 7.11 Å². The van der Waals surface area contributed by atoms with Crippen molar-refractivity contribution in [1.82, 2.24) is 14.8 Å². The van der Waals surface area contributed by atoms with E-state index in [0.29, 0.717) is 17.1 Å². The highest BCUT2D eigenvalue weighted by atomic mass is 19.3. The van der Waals surface area contributed by atoms with Crippen molar-refractivity contribution in [2.24, 2.45) is 0 Å². The molecular formula is C14H17F2N3O. The summed E-state index contributed by atoms with van der Waals surface area (Å²) in [6, 6.07) is 5.69. The topological polar surface area (TPSA) is 39.9 Å². The molecule has 0 unspecified atom stereocenters. The highest BCUT2D eigenvalue weighted by Gasteiger charge is 2.16. The molecule has 0 saturated carbocycles. The maximum Gasteiger partial charge on any atom is 0.257 e. The fourth-order valence-electron chi connectivity index (χ4n) is 2.06. The summed E-state index contributed by atoms with van der Waals surface area (Å²) < 4.78 is 31.3. The molecule has 0 radical (unpaired) electrons. The summed E-state index contributed by atoms with van der Waals surface area (Å²) in [5.74, 6) is 1.37. The predicted molar refractivity (Wildman–Crippen MR) is 72.1 cm³/mol.